The fourth-order valence-electron chi connectivity index (χ4n) is 1.83. The summed E-state index contributed by atoms with van der Waals surface area (Å²) in [7, 11) is 1.58. The van der Waals surface area contributed by atoms with Crippen LogP contribution in [0.15, 0.2) is 0 Å². The molecule has 0 N–H and O–H groups in total. The quantitative estimate of drug-likeness (QED) is 0.516. The summed E-state index contributed by atoms with van der Waals surface area (Å²) in [6.45, 7) is 3.96. The minimum Gasteiger partial charge on any atom is -0.435 e. The van der Waals surface area contributed by atoms with Gasteiger partial charge in [0.1, 0.15) is 0 Å². The Morgan fingerprint density at radius 2 is 1.86 bits per heavy atom. The standard InChI is InChI=1S/C11H20O3/c1-8(2)11(13-3)14-10(12)9-6-4-5-7-9/h8-9,11H,4-7H2,1-3H3. The zero-order valence-electron chi connectivity index (χ0n) is 9.29. The lowest BCUT2D eigenvalue weighted by atomic mass is 10.1. The number of carbonyl (C=O) groups is 1. The molecular formula is C11H20O3. The second kappa shape index (κ2) is 5.35. The lowest BCUT2D eigenvalue weighted by Crippen LogP contribution is -2.28. The minimum atomic E-state index is -0.386. The molecule has 1 atom stereocenters. The Hall–Kier alpha value is -0.570. The summed E-state index contributed by atoms with van der Waals surface area (Å²) in [5, 5.41) is 0. The van der Waals surface area contributed by atoms with Crippen LogP contribution in [-0.4, -0.2) is 19.4 Å². The highest BCUT2D eigenvalue weighted by Gasteiger charge is 2.27. The number of methoxy groups -OCH3 is 1. The SMILES string of the molecule is COC(OC(=O)C1CCCC1)C(C)C. The lowest BCUT2D eigenvalue weighted by Gasteiger charge is -2.21. The number of esters is 1. The molecule has 1 rings (SSSR count). The van der Waals surface area contributed by atoms with Crippen molar-refractivity contribution in [3.63, 3.8) is 0 Å². The van der Waals surface area contributed by atoms with Gasteiger partial charge in [-0.1, -0.05) is 26.7 Å². The maximum Gasteiger partial charge on any atom is 0.311 e. The second-order valence-corrected chi connectivity index (χ2v) is 4.27. The van der Waals surface area contributed by atoms with Gasteiger partial charge in [0.15, 0.2) is 0 Å². The van der Waals surface area contributed by atoms with Crippen LogP contribution in [0.2, 0.25) is 0 Å². The molecule has 0 saturated heterocycles. The first-order valence-corrected chi connectivity index (χ1v) is 5.38. The molecule has 82 valence electrons. The van der Waals surface area contributed by atoms with Crippen molar-refractivity contribution < 1.29 is 14.3 Å². The molecule has 0 amide bonds. The smallest absolute Gasteiger partial charge is 0.311 e. The Kier molecular flexibility index (Phi) is 4.39. The third-order valence-corrected chi connectivity index (χ3v) is 2.70. The fraction of sp³-hybridized carbons (Fsp3) is 0.909. The first-order chi connectivity index (χ1) is 6.65. The van der Waals surface area contributed by atoms with E-state index in [1.807, 2.05) is 13.8 Å². The number of rotatable bonds is 4. The van der Waals surface area contributed by atoms with Gasteiger partial charge < -0.3 is 9.47 Å². The van der Waals surface area contributed by atoms with Crippen molar-refractivity contribution in [3.8, 4) is 0 Å². The molecule has 1 unspecified atom stereocenters. The van der Waals surface area contributed by atoms with Gasteiger partial charge in [-0.2, -0.15) is 0 Å². The molecule has 0 bridgehead atoms. The van der Waals surface area contributed by atoms with Crippen LogP contribution >= 0.6 is 0 Å². The van der Waals surface area contributed by atoms with E-state index in [1.54, 1.807) is 7.11 Å². The Morgan fingerprint density at radius 1 is 1.29 bits per heavy atom. The summed E-state index contributed by atoms with van der Waals surface area (Å²) in [5.74, 6) is 0.250. The van der Waals surface area contributed by atoms with Crippen LogP contribution in [0.4, 0.5) is 0 Å². The second-order valence-electron chi connectivity index (χ2n) is 4.27. The average molecular weight is 200 g/mol. The molecule has 1 aliphatic carbocycles. The van der Waals surface area contributed by atoms with Crippen LogP contribution in [0.3, 0.4) is 0 Å². The highest BCUT2D eigenvalue weighted by molar-refractivity contribution is 5.72. The molecule has 1 saturated carbocycles. The van der Waals surface area contributed by atoms with Gasteiger partial charge in [-0.15, -0.1) is 0 Å². The molecule has 0 aromatic rings. The third kappa shape index (κ3) is 2.98. The molecule has 0 radical (unpaired) electrons. The van der Waals surface area contributed by atoms with Gasteiger partial charge in [-0.25, -0.2) is 0 Å². The Labute approximate surface area is 85.8 Å². The van der Waals surface area contributed by atoms with Gasteiger partial charge in [-0.3, -0.25) is 4.79 Å². The maximum absolute atomic E-state index is 11.6. The molecular weight excluding hydrogens is 180 g/mol. The van der Waals surface area contributed by atoms with Gasteiger partial charge >= 0.3 is 5.97 Å². The van der Waals surface area contributed by atoms with E-state index >= 15 is 0 Å². The van der Waals surface area contributed by atoms with E-state index < -0.39 is 0 Å². The van der Waals surface area contributed by atoms with E-state index in [0.29, 0.717) is 0 Å². The zero-order chi connectivity index (χ0) is 10.6. The number of ether oxygens (including phenoxy) is 2. The van der Waals surface area contributed by atoms with E-state index in [4.69, 9.17) is 9.47 Å². The topological polar surface area (TPSA) is 35.5 Å². The summed E-state index contributed by atoms with van der Waals surface area (Å²) < 4.78 is 10.4. The lowest BCUT2D eigenvalue weighted by molar-refractivity contribution is -0.186. The van der Waals surface area contributed by atoms with Gasteiger partial charge in [0.2, 0.25) is 6.29 Å². The van der Waals surface area contributed by atoms with Crippen LogP contribution in [0.25, 0.3) is 0 Å². The molecule has 3 nitrogen and oxygen atoms in total. The zero-order valence-corrected chi connectivity index (χ0v) is 9.29. The van der Waals surface area contributed by atoms with E-state index in [2.05, 4.69) is 0 Å². The summed E-state index contributed by atoms with van der Waals surface area (Å²) in [6.07, 6.45) is 3.88. The van der Waals surface area contributed by atoms with E-state index in [9.17, 15) is 4.79 Å². The van der Waals surface area contributed by atoms with Crippen molar-refractivity contribution >= 4 is 5.97 Å². The summed E-state index contributed by atoms with van der Waals surface area (Å²) >= 11 is 0. The largest absolute Gasteiger partial charge is 0.435 e. The van der Waals surface area contributed by atoms with Crippen molar-refractivity contribution in [1.29, 1.82) is 0 Å². The molecule has 0 heterocycles. The third-order valence-electron chi connectivity index (χ3n) is 2.70. The fourth-order valence-corrected chi connectivity index (χ4v) is 1.83. The van der Waals surface area contributed by atoms with Crippen LogP contribution in [0, 0.1) is 11.8 Å². The normalized spacial score (nSPS) is 20.0. The molecule has 1 aliphatic rings. The molecule has 0 aliphatic heterocycles. The Balaban J connectivity index is 2.37. The highest BCUT2D eigenvalue weighted by Crippen LogP contribution is 2.26. The van der Waals surface area contributed by atoms with Crippen molar-refractivity contribution in [2.24, 2.45) is 11.8 Å². The maximum atomic E-state index is 11.6. The Bertz CT molecular complexity index is 183. The van der Waals surface area contributed by atoms with Crippen LogP contribution in [-0.2, 0) is 14.3 Å². The molecule has 14 heavy (non-hydrogen) atoms. The number of hydrogen-bond acceptors (Lipinski definition) is 3. The summed E-state index contributed by atoms with van der Waals surface area (Å²) in [5.41, 5.74) is 0. The minimum absolute atomic E-state index is 0.0805. The molecule has 0 aromatic carbocycles. The van der Waals surface area contributed by atoms with Crippen molar-refractivity contribution in [2.45, 2.75) is 45.8 Å². The van der Waals surface area contributed by atoms with Gasteiger partial charge in [0.25, 0.3) is 0 Å². The molecule has 3 heteroatoms. The van der Waals surface area contributed by atoms with E-state index in [-0.39, 0.29) is 24.1 Å². The predicted octanol–water partition coefficient (Wildman–Crippen LogP) is 2.35. The highest BCUT2D eigenvalue weighted by atomic mass is 16.7. The van der Waals surface area contributed by atoms with E-state index in [1.165, 1.54) is 0 Å². The van der Waals surface area contributed by atoms with Crippen LogP contribution < -0.4 is 0 Å². The van der Waals surface area contributed by atoms with Gasteiger partial charge in [0, 0.05) is 13.0 Å². The number of carbonyl (C=O) groups excluding carboxylic acids is 1. The first kappa shape index (κ1) is 11.5. The number of hydrogen-bond donors (Lipinski definition) is 0. The predicted molar refractivity (Wildman–Crippen MR) is 53.7 cm³/mol. The Morgan fingerprint density at radius 3 is 2.29 bits per heavy atom. The molecule has 0 spiro atoms. The van der Waals surface area contributed by atoms with Crippen LogP contribution in [0.1, 0.15) is 39.5 Å². The van der Waals surface area contributed by atoms with Gasteiger partial charge in [-0.05, 0) is 12.8 Å². The summed E-state index contributed by atoms with van der Waals surface area (Å²) in [6, 6.07) is 0. The average Bonchev–Trinajstić information content (AvgIpc) is 2.65. The summed E-state index contributed by atoms with van der Waals surface area (Å²) in [4.78, 5) is 11.6. The van der Waals surface area contributed by atoms with Crippen molar-refractivity contribution in [3.05, 3.63) is 0 Å². The monoisotopic (exact) mass is 200 g/mol. The van der Waals surface area contributed by atoms with Crippen molar-refractivity contribution in [2.75, 3.05) is 7.11 Å². The van der Waals surface area contributed by atoms with Gasteiger partial charge in [0.05, 0.1) is 5.92 Å². The van der Waals surface area contributed by atoms with E-state index in [0.717, 1.165) is 25.7 Å². The molecule has 0 aromatic heterocycles. The molecule has 1 fully saturated rings. The first-order valence-electron chi connectivity index (χ1n) is 5.38. The van der Waals surface area contributed by atoms with Crippen LogP contribution in [0.5, 0.6) is 0 Å². The van der Waals surface area contributed by atoms with Crippen molar-refractivity contribution in [1.82, 2.24) is 0 Å².